The Bertz CT molecular complexity index is 28.5. The van der Waals surface area contributed by atoms with Crippen LogP contribution >= 0.6 is 17.2 Å². The van der Waals surface area contributed by atoms with Gasteiger partial charge in [-0.2, -0.15) is 0 Å². The summed E-state index contributed by atoms with van der Waals surface area (Å²) in [6.45, 7) is 8.90. The Morgan fingerprint density at radius 2 is 0.818 bits per heavy atom. The summed E-state index contributed by atoms with van der Waals surface area (Å²) in [5.74, 6) is 0. The third-order valence-electron chi connectivity index (χ3n) is 1.000. The first-order chi connectivity index (χ1) is 4.83. The molecule has 2 heteroatoms. The zero-order valence-corrected chi connectivity index (χ0v) is 9.83. The molecule has 0 heterocycles. The Hall–Kier alpha value is 0.860. The van der Waals surface area contributed by atoms with E-state index in [0.717, 1.165) is 0 Å². The minimum absolute atomic E-state index is 0. The fourth-order valence-electron chi connectivity index (χ4n) is 0.500. The summed E-state index contributed by atoms with van der Waals surface area (Å²) in [6.07, 6.45) is 5.49. The highest BCUT2D eigenvalue weighted by molar-refractivity contribution is 7.38. The molecule has 0 nitrogen and oxygen atoms in total. The van der Waals surface area contributed by atoms with E-state index in [2.05, 4.69) is 27.7 Å². The van der Waals surface area contributed by atoms with Crippen molar-refractivity contribution in [1.29, 1.82) is 0 Å². The Morgan fingerprint density at radius 1 is 0.636 bits per heavy atom. The summed E-state index contributed by atoms with van der Waals surface area (Å²) < 4.78 is 0. The van der Waals surface area contributed by atoms with Crippen LogP contribution in [-0.4, -0.2) is 24.6 Å². The molecule has 0 aliphatic carbocycles. The second-order valence-electron chi connectivity index (χ2n) is 1.91. The molecule has 0 aliphatic heterocycles. The van der Waals surface area contributed by atoms with E-state index in [1.807, 2.05) is 0 Å². The number of hydrogen-bond donors (Lipinski definition) is 0. The smallest absolute Gasteiger partial charge is 0.0382 e. The van der Waals surface area contributed by atoms with Gasteiger partial charge in [-0.25, -0.2) is 0 Å². The van der Waals surface area contributed by atoms with E-state index in [1.54, 1.807) is 0 Å². The lowest BCUT2D eigenvalue weighted by molar-refractivity contribution is 1.44. The minimum Gasteiger partial charge on any atom is -0.123 e. The van der Waals surface area contributed by atoms with Gasteiger partial charge in [-0.1, -0.05) is 35.1 Å². The summed E-state index contributed by atoms with van der Waals surface area (Å²) >= 11 is 0. The lowest BCUT2D eigenvalue weighted by Gasteiger charge is -1.80. The summed E-state index contributed by atoms with van der Waals surface area (Å²) in [5, 5.41) is 0. The second-order valence-corrected chi connectivity index (χ2v) is 5.74. The molecular formula is C9H26P2. The first-order valence-electron chi connectivity index (χ1n) is 4.24. The van der Waals surface area contributed by atoms with Crippen LogP contribution in [0, 0.1) is 0 Å². The van der Waals surface area contributed by atoms with Gasteiger partial charge in [0, 0.05) is 0 Å². The Morgan fingerprint density at radius 3 is 0.818 bits per heavy atom. The van der Waals surface area contributed by atoms with Gasteiger partial charge < -0.3 is 0 Å². The predicted molar refractivity (Wildman–Crippen MR) is 65.5 cm³/mol. The third kappa shape index (κ3) is 36.1. The topological polar surface area (TPSA) is 0 Å². The van der Waals surface area contributed by atoms with Crippen LogP contribution in [0.4, 0.5) is 0 Å². The van der Waals surface area contributed by atoms with E-state index in [9.17, 15) is 0 Å². The van der Waals surface area contributed by atoms with Gasteiger partial charge in [0.15, 0.2) is 0 Å². The van der Waals surface area contributed by atoms with E-state index in [1.165, 1.54) is 41.8 Å². The lowest BCUT2D eigenvalue weighted by Crippen LogP contribution is -1.59. The van der Waals surface area contributed by atoms with Crippen molar-refractivity contribution < 1.29 is 0 Å². The van der Waals surface area contributed by atoms with Gasteiger partial charge in [-0.05, 0) is 24.6 Å². The standard InChI is InChI=1S/2C4H11P.CH4/c2*1-3-5-4-2;/h2*5H,3-4H2,1-2H3;1H4. The van der Waals surface area contributed by atoms with Gasteiger partial charge in [0.1, 0.15) is 0 Å². The molecule has 0 unspecified atom stereocenters. The molecule has 72 valence electrons. The molecule has 0 bridgehead atoms. The number of hydrogen-bond acceptors (Lipinski definition) is 0. The van der Waals surface area contributed by atoms with E-state index < -0.39 is 0 Å². The highest BCUT2D eigenvalue weighted by atomic mass is 31.1. The molecule has 0 radical (unpaired) electrons. The van der Waals surface area contributed by atoms with Crippen LogP contribution in [0.5, 0.6) is 0 Å². The van der Waals surface area contributed by atoms with Gasteiger partial charge in [0.25, 0.3) is 0 Å². The van der Waals surface area contributed by atoms with Crippen LogP contribution in [0.1, 0.15) is 35.1 Å². The van der Waals surface area contributed by atoms with Crippen LogP contribution in [0.2, 0.25) is 0 Å². The second kappa shape index (κ2) is 22.4. The molecule has 0 amide bonds. The van der Waals surface area contributed by atoms with Crippen molar-refractivity contribution in [2.24, 2.45) is 0 Å². The number of rotatable bonds is 4. The molecule has 0 fully saturated rings. The maximum Gasteiger partial charge on any atom is -0.0382 e. The lowest BCUT2D eigenvalue weighted by atomic mass is 11.0. The monoisotopic (exact) mass is 196 g/mol. The molecule has 0 rings (SSSR count). The van der Waals surface area contributed by atoms with E-state index >= 15 is 0 Å². The normalized spacial score (nSPS) is 7.64. The molecule has 0 saturated heterocycles. The van der Waals surface area contributed by atoms with Crippen molar-refractivity contribution in [2.75, 3.05) is 24.6 Å². The van der Waals surface area contributed by atoms with Gasteiger partial charge in [-0.3, -0.25) is 0 Å². The average Bonchev–Trinajstić information content (AvgIpc) is 1.93. The van der Waals surface area contributed by atoms with Crippen molar-refractivity contribution in [2.45, 2.75) is 35.1 Å². The van der Waals surface area contributed by atoms with E-state index in [0.29, 0.717) is 0 Å². The first kappa shape index (κ1) is 17.8. The first-order valence-corrected chi connectivity index (χ1v) is 7.07. The minimum atomic E-state index is 0. The largest absolute Gasteiger partial charge is 0.123 e. The molecule has 0 atom stereocenters. The van der Waals surface area contributed by atoms with Gasteiger partial charge in [0.05, 0.1) is 0 Å². The van der Waals surface area contributed by atoms with Crippen molar-refractivity contribution in [3.63, 3.8) is 0 Å². The maximum atomic E-state index is 2.22. The fourth-order valence-corrected chi connectivity index (χ4v) is 1.50. The molecule has 11 heavy (non-hydrogen) atoms. The molecule has 0 aromatic carbocycles. The molecule has 0 aromatic rings. The highest BCUT2D eigenvalue weighted by Gasteiger charge is 1.67. The van der Waals surface area contributed by atoms with Crippen molar-refractivity contribution in [1.82, 2.24) is 0 Å². The highest BCUT2D eigenvalue weighted by Crippen LogP contribution is 2.04. The summed E-state index contributed by atoms with van der Waals surface area (Å²) in [7, 11) is 2.40. The van der Waals surface area contributed by atoms with Crippen LogP contribution in [0.15, 0.2) is 0 Å². The Labute approximate surface area is 77.5 Å². The van der Waals surface area contributed by atoms with Crippen LogP contribution in [0.3, 0.4) is 0 Å². The third-order valence-corrected chi connectivity index (χ3v) is 3.00. The van der Waals surface area contributed by atoms with Crippen LogP contribution in [0.25, 0.3) is 0 Å². The zero-order valence-electron chi connectivity index (χ0n) is 7.83. The van der Waals surface area contributed by atoms with E-state index in [4.69, 9.17) is 0 Å². The summed E-state index contributed by atoms with van der Waals surface area (Å²) in [6, 6.07) is 0. The van der Waals surface area contributed by atoms with E-state index in [-0.39, 0.29) is 7.43 Å². The molecule has 0 N–H and O–H groups in total. The van der Waals surface area contributed by atoms with Gasteiger partial charge in [-0.15, -0.1) is 17.2 Å². The van der Waals surface area contributed by atoms with Gasteiger partial charge in [0.2, 0.25) is 0 Å². The fraction of sp³-hybridized carbons (Fsp3) is 1.00. The molecule has 0 spiro atoms. The van der Waals surface area contributed by atoms with Crippen LogP contribution < -0.4 is 0 Å². The quantitative estimate of drug-likeness (QED) is 0.595. The van der Waals surface area contributed by atoms with Crippen LogP contribution in [-0.2, 0) is 0 Å². The van der Waals surface area contributed by atoms with Gasteiger partial charge >= 0.3 is 0 Å². The Kier molecular flexibility index (Phi) is 36.3. The molecule has 0 saturated carbocycles. The summed E-state index contributed by atoms with van der Waals surface area (Å²) in [5.41, 5.74) is 0. The molecular weight excluding hydrogens is 170 g/mol. The summed E-state index contributed by atoms with van der Waals surface area (Å²) in [4.78, 5) is 0. The van der Waals surface area contributed by atoms with Crippen molar-refractivity contribution in [3.8, 4) is 0 Å². The van der Waals surface area contributed by atoms with Crippen molar-refractivity contribution in [3.05, 3.63) is 0 Å². The zero-order chi connectivity index (χ0) is 8.24. The molecule has 0 aromatic heterocycles. The SMILES string of the molecule is C.CCPCC.CCPCC. The van der Waals surface area contributed by atoms with Crippen molar-refractivity contribution >= 4 is 17.2 Å². The average molecular weight is 196 g/mol. The Balaban J connectivity index is -0.000000107. The molecule has 0 aliphatic rings. The maximum absolute atomic E-state index is 2.22. The predicted octanol–water partition coefficient (Wildman–Crippen LogP) is 4.05.